The number of likely N-dealkylation sites (N-methyl/N-ethyl adjacent to an activating group) is 1. The maximum atomic E-state index is 14.6. The molecule has 83 heavy (non-hydrogen) atoms. The first-order chi connectivity index (χ1) is 39.8. The van der Waals surface area contributed by atoms with Gasteiger partial charge in [-0.2, -0.15) is 8.78 Å². The summed E-state index contributed by atoms with van der Waals surface area (Å²) in [5.74, 6) is 9.09. The molecule has 9 rings (SSSR count). The van der Waals surface area contributed by atoms with Gasteiger partial charge in [0.2, 0.25) is 29.5 Å². The summed E-state index contributed by atoms with van der Waals surface area (Å²) in [6.07, 6.45) is -0.831. The molecule has 4 aromatic carbocycles. The number of nitrogens with two attached hydrogens (primary N) is 1. The van der Waals surface area contributed by atoms with Gasteiger partial charge in [-0.25, -0.2) is 9.32 Å². The highest BCUT2D eigenvalue weighted by molar-refractivity contribution is 7.39. The van der Waals surface area contributed by atoms with Gasteiger partial charge in [-0.3, -0.25) is 38.9 Å². The molecule has 0 saturated carbocycles. The normalized spacial score (nSPS) is 19.7. The number of amides is 8. The Bertz CT molecular complexity index is 3460. The van der Waals surface area contributed by atoms with Crippen LogP contribution in [-0.4, -0.2) is 129 Å². The van der Waals surface area contributed by atoms with Gasteiger partial charge in [-0.05, 0) is 123 Å². The molecule has 1 unspecified atom stereocenters. The Morgan fingerprint density at radius 1 is 0.880 bits per heavy atom. The van der Waals surface area contributed by atoms with Crippen LogP contribution in [-0.2, 0) is 45.9 Å². The molecule has 6 atom stereocenters. The lowest BCUT2D eigenvalue weighted by Crippen LogP contribution is -2.61. The van der Waals surface area contributed by atoms with Crippen molar-refractivity contribution in [3.05, 3.63) is 141 Å². The Morgan fingerprint density at radius 2 is 1.61 bits per heavy atom. The van der Waals surface area contributed by atoms with E-state index in [0.717, 1.165) is 53.0 Å². The van der Waals surface area contributed by atoms with Gasteiger partial charge in [0.05, 0.1) is 16.5 Å². The van der Waals surface area contributed by atoms with Crippen molar-refractivity contribution >= 4 is 77.5 Å². The molecule has 20 nitrogen and oxygen atoms in total. The third-order valence-electron chi connectivity index (χ3n) is 14.9. The van der Waals surface area contributed by atoms with Crippen LogP contribution in [0.4, 0.5) is 13.6 Å². The fourth-order valence-corrected chi connectivity index (χ4v) is 11.9. The van der Waals surface area contributed by atoms with E-state index in [2.05, 4.69) is 49.5 Å². The van der Waals surface area contributed by atoms with Gasteiger partial charge in [0, 0.05) is 59.8 Å². The Balaban J connectivity index is 0.818. The Morgan fingerprint density at radius 3 is 2.34 bits per heavy atom. The zero-order valence-electron chi connectivity index (χ0n) is 44.9. The summed E-state index contributed by atoms with van der Waals surface area (Å²) in [7, 11) is -1.58. The average Bonchev–Trinajstić information content (AvgIpc) is 4.32. The zero-order valence-corrected chi connectivity index (χ0v) is 46.6. The number of halogens is 2. The van der Waals surface area contributed by atoms with E-state index in [0.29, 0.717) is 53.6 Å². The summed E-state index contributed by atoms with van der Waals surface area (Å²) in [5.41, 5.74) is 8.79. The summed E-state index contributed by atoms with van der Waals surface area (Å²) in [6.45, 7) is 0.181. The molecule has 3 fully saturated rings. The number of alkyl halides is 2. The molecule has 0 bridgehead atoms. The predicted molar refractivity (Wildman–Crippen MR) is 300 cm³/mol. The third kappa shape index (κ3) is 14.4. The Hall–Kier alpha value is -8.15. The van der Waals surface area contributed by atoms with Crippen LogP contribution in [0.1, 0.15) is 117 Å². The van der Waals surface area contributed by atoms with Crippen molar-refractivity contribution in [2.75, 3.05) is 26.7 Å². The first kappa shape index (κ1) is 59.5. The minimum absolute atomic E-state index is 0.0675. The molecule has 0 aliphatic carbocycles. The second kappa shape index (κ2) is 26.4. The van der Waals surface area contributed by atoms with Crippen molar-refractivity contribution in [3.63, 3.8) is 0 Å². The Kier molecular flexibility index (Phi) is 18.9. The summed E-state index contributed by atoms with van der Waals surface area (Å²) in [4.78, 5) is 129. The van der Waals surface area contributed by atoms with Crippen LogP contribution in [0, 0.1) is 23.7 Å². The lowest BCUT2D eigenvalue weighted by atomic mass is 9.97. The average molecular weight is 1170 g/mol. The second-order valence-electron chi connectivity index (χ2n) is 20.5. The van der Waals surface area contributed by atoms with Crippen molar-refractivity contribution in [2.24, 2.45) is 5.73 Å². The SMILES string of the molecule is CN1CC[C@H]2CC[C@@H](C(=O)N[C@@H](COC(N)=O)C(=O)N[C@H](c3ccccc3)c3ccc(C#CCCCCC#Cc4cccc5c4CN(C4CCC(=O)NC4=O)C5=O)cc3)N2C(=O)[C@@H](NC(=O)c2cc3cc(C(F)(F)OP(O)O)ccc3s2)C1. The van der Waals surface area contributed by atoms with E-state index in [1.807, 2.05) is 53.4 Å². The maximum Gasteiger partial charge on any atom is 0.404 e. The van der Waals surface area contributed by atoms with Gasteiger partial charge < -0.3 is 50.9 Å². The molecular formula is C59H59F2N8O12PS. The van der Waals surface area contributed by atoms with Gasteiger partial charge in [-0.1, -0.05) is 72.2 Å². The molecule has 24 heteroatoms. The van der Waals surface area contributed by atoms with E-state index in [4.69, 9.17) is 20.3 Å². The van der Waals surface area contributed by atoms with E-state index in [1.54, 1.807) is 31.3 Å². The van der Waals surface area contributed by atoms with Crippen molar-refractivity contribution in [2.45, 2.75) is 107 Å². The highest BCUT2D eigenvalue weighted by Gasteiger charge is 2.46. The van der Waals surface area contributed by atoms with Gasteiger partial charge >= 0.3 is 20.8 Å². The highest BCUT2D eigenvalue weighted by atomic mass is 32.1. The molecule has 8 N–H and O–H groups in total. The summed E-state index contributed by atoms with van der Waals surface area (Å²) < 4.78 is 38.6. The van der Waals surface area contributed by atoms with Gasteiger partial charge in [0.25, 0.3) is 11.8 Å². The number of fused-ring (bicyclic) bond motifs is 3. The quantitative estimate of drug-likeness (QED) is 0.0274. The van der Waals surface area contributed by atoms with Crippen LogP contribution in [0.5, 0.6) is 0 Å². The molecule has 3 saturated heterocycles. The number of primary amides is 1. The number of hydrogen-bond acceptors (Lipinski definition) is 14. The predicted octanol–water partition coefficient (Wildman–Crippen LogP) is 5.18. The van der Waals surface area contributed by atoms with Crippen molar-refractivity contribution in [1.82, 2.24) is 36.0 Å². The minimum atomic E-state index is -4.02. The largest absolute Gasteiger partial charge is 0.447 e. The molecule has 1 aromatic heterocycles. The summed E-state index contributed by atoms with van der Waals surface area (Å²) in [5, 5.41) is 11.1. The number of carbonyl (C=O) groups is 8. The van der Waals surface area contributed by atoms with Crippen LogP contribution in [0.15, 0.2) is 97.1 Å². The number of imide groups is 1. The first-order valence-electron chi connectivity index (χ1n) is 26.9. The molecule has 5 heterocycles. The lowest BCUT2D eigenvalue weighted by Gasteiger charge is -2.38. The second-order valence-corrected chi connectivity index (χ2v) is 22.3. The van der Waals surface area contributed by atoms with Crippen LogP contribution in [0.3, 0.4) is 0 Å². The van der Waals surface area contributed by atoms with Crippen molar-refractivity contribution in [1.29, 1.82) is 0 Å². The number of carbonyl (C=O) groups excluding carboxylic acids is 8. The molecule has 4 aliphatic heterocycles. The number of hydrogen-bond donors (Lipinski definition) is 7. The summed E-state index contributed by atoms with van der Waals surface area (Å²) >= 11 is 0.988. The maximum absolute atomic E-state index is 14.6. The van der Waals surface area contributed by atoms with E-state index in [-0.39, 0.29) is 54.4 Å². The van der Waals surface area contributed by atoms with Gasteiger partial charge in [-0.15, -0.1) is 11.3 Å². The number of thiophene rings is 1. The van der Waals surface area contributed by atoms with Crippen molar-refractivity contribution in [3.8, 4) is 23.7 Å². The van der Waals surface area contributed by atoms with Gasteiger partial charge in [0.15, 0.2) is 0 Å². The molecule has 0 spiro atoms. The summed E-state index contributed by atoms with van der Waals surface area (Å²) in [6, 6.07) is 20.9. The fourth-order valence-electron chi connectivity index (χ4n) is 10.7. The first-order valence-corrected chi connectivity index (χ1v) is 28.8. The number of rotatable bonds is 17. The van der Waals surface area contributed by atoms with E-state index in [9.17, 15) is 47.1 Å². The minimum Gasteiger partial charge on any atom is -0.447 e. The number of nitrogens with one attached hydrogen (secondary N) is 4. The molecule has 0 radical (unpaired) electrons. The fraction of sp³-hybridized carbons (Fsp3) is 0.356. The number of nitrogens with zero attached hydrogens (tertiary/aromatic N) is 3. The molecule has 432 valence electrons. The van der Waals surface area contributed by atoms with Gasteiger partial charge in [0.1, 0.15) is 30.8 Å². The number of ether oxygens (including phenoxy) is 1. The van der Waals surface area contributed by atoms with E-state index in [1.165, 1.54) is 21.9 Å². The van der Waals surface area contributed by atoms with Crippen LogP contribution >= 0.6 is 19.9 Å². The van der Waals surface area contributed by atoms with E-state index < -0.39 is 98.8 Å². The van der Waals surface area contributed by atoms with Crippen LogP contribution in [0.2, 0.25) is 0 Å². The highest BCUT2D eigenvalue weighted by Crippen LogP contribution is 2.43. The third-order valence-corrected chi connectivity index (χ3v) is 16.4. The standard InChI is InChI=1S/C59H59F2N8O12PS/c1-67-29-28-41-23-24-47(69(41)57(76)44(33-67)63-55(74)49-31-39-30-40(22-26-48(39)83-49)59(60,61)81-82(78)79)54(73)64-45(34-80-58(62)77)52(71)66-51(37-14-9-6-10-15-37)38-20-18-35(19-21-38)12-7-4-2-3-5-8-13-36-16-11-17-42-43(36)32-68(56(42)75)46-25-27-50(70)65-53(46)72/h6,9-11,14-22,26,30-31,41,44-47,51,78-79H,2-5,23-25,27-29,32-34H2,1H3,(H2,62,77)(H,63,74)(H,64,73)(H,66,71)(H,65,70,72)/t41-,44+,45+,46?,47+,51-/m1/s1. The number of unbranched alkanes of at least 4 members (excludes halogenated alkanes) is 3. The molecule has 5 aromatic rings. The smallest absolute Gasteiger partial charge is 0.404 e. The Labute approximate surface area is 481 Å². The molecule has 8 amide bonds. The molecule has 4 aliphatic rings. The number of piperidine rings is 1. The lowest BCUT2D eigenvalue weighted by molar-refractivity contribution is -0.189. The van der Waals surface area contributed by atoms with Crippen LogP contribution < -0.4 is 27.0 Å². The van der Waals surface area contributed by atoms with E-state index >= 15 is 0 Å². The molecular weight excluding hydrogens is 1110 g/mol. The number of benzene rings is 4. The van der Waals surface area contributed by atoms with Crippen LogP contribution in [0.25, 0.3) is 10.1 Å². The topological polar surface area (TPSA) is 279 Å². The monoisotopic (exact) mass is 1170 g/mol. The van der Waals surface area contributed by atoms with Crippen molar-refractivity contribution < 1.29 is 66.2 Å². The zero-order chi connectivity index (χ0) is 59.0.